The molecule has 1 fully saturated rings. The molecule has 0 saturated heterocycles. The van der Waals surface area contributed by atoms with E-state index in [-0.39, 0.29) is 6.04 Å². The van der Waals surface area contributed by atoms with Crippen molar-refractivity contribution in [2.24, 2.45) is 5.92 Å². The van der Waals surface area contributed by atoms with Crippen molar-refractivity contribution in [3.8, 4) is 6.07 Å². The molecular formula is C15H29N3O. The number of methoxy groups -OCH3 is 1. The maximum atomic E-state index is 9.15. The zero-order chi connectivity index (χ0) is 14.1. The Bertz CT molecular complexity index is 273. The number of rotatable bonds is 11. The van der Waals surface area contributed by atoms with Crippen LogP contribution < -0.4 is 5.32 Å². The molecule has 1 aliphatic carbocycles. The fourth-order valence-corrected chi connectivity index (χ4v) is 2.43. The van der Waals surface area contributed by atoms with Crippen LogP contribution in [0.5, 0.6) is 0 Å². The highest BCUT2D eigenvalue weighted by Gasteiger charge is 2.31. The van der Waals surface area contributed by atoms with E-state index in [4.69, 9.17) is 10.00 Å². The Balaban J connectivity index is 2.35. The molecule has 0 aromatic heterocycles. The van der Waals surface area contributed by atoms with Crippen LogP contribution in [0.3, 0.4) is 0 Å². The largest absolute Gasteiger partial charge is 0.383 e. The summed E-state index contributed by atoms with van der Waals surface area (Å²) in [6.07, 6.45) is 4.70. The van der Waals surface area contributed by atoms with Crippen LogP contribution in [0.2, 0.25) is 0 Å². The van der Waals surface area contributed by atoms with Gasteiger partial charge < -0.3 is 10.1 Å². The number of nitrogens with one attached hydrogen (secondary N) is 1. The van der Waals surface area contributed by atoms with Gasteiger partial charge in [-0.25, -0.2) is 0 Å². The number of ether oxygens (including phenoxy) is 1. The van der Waals surface area contributed by atoms with Crippen LogP contribution in [0.25, 0.3) is 0 Å². The van der Waals surface area contributed by atoms with Crippen molar-refractivity contribution in [3.63, 3.8) is 0 Å². The molecule has 19 heavy (non-hydrogen) atoms. The topological polar surface area (TPSA) is 48.3 Å². The first-order valence-electron chi connectivity index (χ1n) is 7.58. The minimum absolute atomic E-state index is 0.0172. The number of nitrogens with zero attached hydrogens (tertiary/aromatic N) is 2. The van der Waals surface area contributed by atoms with Gasteiger partial charge in [0, 0.05) is 26.2 Å². The molecular weight excluding hydrogens is 238 g/mol. The van der Waals surface area contributed by atoms with Crippen molar-refractivity contribution < 1.29 is 4.74 Å². The van der Waals surface area contributed by atoms with E-state index in [9.17, 15) is 0 Å². The highest BCUT2D eigenvalue weighted by molar-refractivity contribution is 4.91. The second kappa shape index (κ2) is 9.30. The lowest BCUT2D eigenvalue weighted by molar-refractivity contribution is 0.114. The lowest BCUT2D eigenvalue weighted by Crippen LogP contribution is -2.40. The molecule has 0 aliphatic heterocycles. The van der Waals surface area contributed by atoms with Crippen LogP contribution in [-0.2, 0) is 4.74 Å². The normalized spacial score (nSPS) is 18.3. The predicted molar refractivity (Wildman–Crippen MR) is 77.9 cm³/mol. The highest BCUT2D eigenvalue weighted by Crippen LogP contribution is 2.35. The van der Waals surface area contributed by atoms with Gasteiger partial charge in [-0.05, 0) is 45.1 Å². The lowest BCUT2D eigenvalue weighted by atomic mass is 10.1. The Morgan fingerprint density at radius 2 is 2.16 bits per heavy atom. The first-order valence-corrected chi connectivity index (χ1v) is 7.58. The molecule has 1 aliphatic rings. The molecule has 4 heteroatoms. The standard InChI is InChI=1S/C15H29N3O/c1-4-8-17-15(12-16)7-9-18(10-11-19-3)13(2)14-5-6-14/h13-15,17H,4-11H2,1-3H3. The average Bonchev–Trinajstić information content (AvgIpc) is 3.26. The van der Waals surface area contributed by atoms with Crippen molar-refractivity contribution in [1.82, 2.24) is 10.2 Å². The number of hydrogen-bond donors (Lipinski definition) is 1. The van der Waals surface area contributed by atoms with Crippen LogP contribution in [0.1, 0.15) is 39.5 Å². The Labute approximate surface area is 118 Å². The van der Waals surface area contributed by atoms with Crippen molar-refractivity contribution in [2.45, 2.75) is 51.6 Å². The van der Waals surface area contributed by atoms with Crippen molar-refractivity contribution >= 4 is 0 Å². The Hall–Kier alpha value is -0.630. The van der Waals surface area contributed by atoms with Gasteiger partial charge >= 0.3 is 0 Å². The molecule has 0 heterocycles. The molecule has 0 bridgehead atoms. The maximum absolute atomic E-state index is 9.15. The monoisotopic (exact) mass is 267 g/mol. The summed E-state index contributed by atoms with van der Waals surface area (Å²) >= 11 is 0. The molecule has 0 aromatic carbocycles. The van der Waals surface area contributed by atoms with Gasteiger partial charge in [0.1, 0.15) is 0 Å². The Morgan fingerprint density at radius 3 is 2.68 bits per heavy atom. The summed E-state index contributed by atoms with van der Waals surface area (Å²) in [6, 6.07) is 2.97. The molecule has 2 unspecified atom stereocenters. The fraction of sp³-hybridized carbons (Fsp3) is 0.933. The number of hydrogen-bond acceptors (Lipinski definition) is 4. The average molecular weight is 267 g/mol. The molecule has 0 amide bonds. The molecule has 0 radical (unpaired) electrons. The highest BCUT2D eigenvalue weighted by atomic mass is 16.5. The minimum Gasteiger partial charge on any atom is -0.383 e. The molecule has 2 atom stereocenters. The summed E-state index contributed by atoms with van der Waals surface area (Å²) in [6.45, 7) is 8.09. The van der Waals surface area contributed by atoms with E-state index in [1.165, 1.54) is 12.8 Å². The quantitative estimate of drug-likeness (QED) is 0.622. The molecule has 110 valence electrons. The lowest BCUT2D eigenvalue weighted by Gasteiger charge is -2.29. The van der Waals surface area contributed by atoms with E-state index in [1.54, 1.807) is 7.11 Å². The molecule has 1 rings (SSSR count). The molecule has 4 nitrogen and oxygen atoms in total. The van der Waals surface area contributed by atoms with Gasteiger partial charge in [-0.15, -0.1) is 0 Å². The van der Waals surface area contributed by atoms with E-state index in [2.05, 4.69) is 30.1 Å². The summed E-state index contributed by atoms with van der Waals surface area (Å²) in [7, 11) is 1.75. The fourth-order valence-electron chi connectivity index (χ4n) is 2.43. The van der Waals surface area contributed by atoms with E-state index >= 15 is 0 Å². The molecule has 0 spiro atoms. The third kappa shape index (κ3) is 6.38. The van der Waals surface area contributed by atoms with Gasteiger partial charge in [0.2, 0.25) is 0 Å². The van der Waals surface area contributed by atoms with Crippen molar-refractivity contribution in [2.75, 3.05) is 33.4 Å². The van der Waals surface area contributed by atoms with E-state index in [0.717, 1.165) is 45.0 Å². The third-order valence-corrected chi connectivity index (χ3v) is 3.96. The van der Waals surface area contributed by atoms with Gasteiger partial charge in [0.15, 0.2) is 0 Å². The van der Waals surface area contributed by atoms with Gasteiger partial charge in [0.25, 0.3) is 0 Å². The second-order valence-electron chi connectivity index (χ2n) is 5.53. The third-order valence-electron chi connectivity index (χ3n) is 3.96. The first kappa shape index (κ1) is 16.4. The van der Waals surface area contributed by atoms with Crippen LogP contribution in [-0.4, -0.2) is 50.3 Å². The Morgan fingerprint density at radius 1 is 1.42 bits per heavy atom. The van der Waals surface area contributed by atoms with Gasteiger partial charge in [-0.3, -0.25) is 4.90 Å². The summed E-state index contributed by atoms with van der Waals surface area (Å²) in [5.41, 5.74) is 0. The van der Waals surface area contributed by atoms with Gasteiger partial charge in [0.05, 0.1) is 18.7 Å². The summed E-state index contributed by atoms with van der Waals surface area (Å²) in [5.74, 6) is 0.862. The van der Waals surface area contributed by atoms with Gasteiger partial charge in [-0.2, -0.15) is 5.26 Å². The zero-order valence-corrected chi connectivity index (χ0v) is 12.7. The van der Waals surface area contributed by atoms with Crippen molar-refractivity contribution in [3.05, 3.63) is 0 Å². The maximum Gasteiger partial charge on any atom is 0.0965 e. The SMILES string of the molecule is CCCNC(C#N)CCN(CCOC)C(C)C1CC1. The summed E-state index contributed by atoms with van der Waals surface area (Å²) in [4.78, 5) is 2.49. The molecule has 0 aromatic rings. The van der Waals surface area contributed by atoms with Crippen molar-refractivity contribution in [1.29, 1.82) is 5.26 Å². The molecule has 1 N–H and O–H groups in total. The Kier molecular flexibility index (Phi) is 8.04. The first-order chi connectivity index (χ1) is 9.22. The van der Waals surface area contributed by atoms with Crippen LogP contribution >= 0.6 is 0 Å². The summed E-state index contributed by atoms with van der Waals surface area (Å²) < 4.78 is 5.20. The van der Waals surface area contributed by atoms with E-state index in [0.29, 0.717) is 6.04 Å². The van der Waals surface area contributed by atoms with E-state index in [1.807, 2.05) is 0 Å². The van der Waals surface area contributed by atoms with Crippen LogP contribution in [0.4, 0.5) is 0 Å². The van der Waals surface area contributed by atoms with Gasteiger partial charge in [-0.1, -0.05) is 6.92 Å². The van der Waals surface area contributed by atoms with Crippen LogP contribution in [0.15, 0.2) is 0 Å². The van der Waals surface area contributed by atoms with Crippen LogP contribution in [0, 0.1) is 17.2 Å². The van der Waals surface area contributed by atoms with E-state index < -0.39 is 0 Å². The summed E-state index contributed by atoms with van der Waals surface area (Å²) in [5, 5.41) is 12.4. The molecule has 1 saturated carbocycles. The minimum atomic E-state index is -0.0172. The zero-order valence-electron chi connectivity index (χ0n) is 12.7. The predicted octanol–water partition coefficient (Wildman–Crippen LogP) is 2.02. The smallest absolute Gasteiger partial charge is 0.0965 e. The second-order valence-corrected chi connectivity index (χ2v) is 5.53. The number of nitriles is 1.